The number of amides is 1. The lowest BCUT2D eigenvalue weighted by Gasteiger charge is -2.08. The lowest BCUT2D eigenvalue weighted by molar-refractivity contribution is 0.102. The Labute approximate surface area is 131 Å². The predicted molar refractivity (Wildman–Crippen MR) is 81.4 cm³/mol. The van der Waals surface area contributed by atoms with Gasteiger partial charge in [-0.25, -0.2) is 8.42 Å². The highest BCUT2D eigenvalue weighted by atomic mass is 35.7. The summed E-state index contributed by atoms with van der Waals surface area (Å²) >= 11 is 5.94. The van der Waals surface area contributed by atoms with Gasteiger partial charge in [0.2, 0.25) is 0 Å². The van der Waals surface area contributed by atoms with Gasteiger partial charge < -0.3 is 5.32 Å². The maximum Gasteiger partial charge on any atom is 0.261 e. The summed E-state index contributed by atoms with van der Waals surface area (Å²) in [5.74, 6) is -0.394. The van der Waals surface area contributed by atoms with Crippen LogP contribution in [0.15, 0.2) is 41.6 Å². The minimum absolute atomic E-state index is 0.0747. The first kappa shape index (κ1) is 15.8. The average Bonchev–Trinajstić information content (AvgIpc) is 2.39. The summed E-state index contributed by atoms with van der Waals surface area (Å²) in [7, 11) is 1.36. The molecule has 1 heterocycles. The molecule has 0 atom stereocenters. The third kappa shape index (κ3) is 3.93. The van der Waals surface area contributed by atoms with Crippen LogP contribution in [-0.2, 0) is 9.05 Å². The Morgan fingerprint density at radius 1 is 1.24 bits per heavy atom. The number of rotatable bonds is 3. The summed E-state index contributed by atoms with van der Waals surface area (Å²) in [6.07, 6.45) is 3.05. The van der Waals surface area contributed by atoms with E-state index < -0.39 is 15.0 Å². The van der Waals surface area contributed by atoms with Crippen molar-refractivity contribution in [3.05, 3.63) is 52.8 Å². The maximum absolute atomic E-state index is 12.0. The summed E-state index contributed by atoms with van der Waals surface area (Å²) in [6.45, 7) is 1.82. The second-order valence-electron chi connectivity index (χ2n) is 4.28. The number of benzene rings is 1. The molecule has 0 spiro atoms. The summed E-state index contributed by atoms with van der Waals surface area (Å²) in [6, 6.07) is 5.48. The van der Waals surface area contributed by atoms with Crippen LogP contribution in [0.25, 0.3) is 0 Å². The zero-order valence-corrected chi connectivity index (χ0v) is 13.1. The molecule has 8 heteroatoms. The van der Waals surface area contributed by atoms with Crippen LogP contribution in [0.5, 0.6) is 0 Å². The van der Waals surface area contributed by atoms with E-state index in [1.165, 1.54) is 24.4 Å². The third-order valence-corrected chi connectivity index (χ3v) is 4.27. The van der Waals surface area contributed by atoms with Gasteiger partial charge >= 0.3 is 0 Å². The fourth-order valence-corrected chi connectivity index (χ4v) is 2.69. The van der Waals surface area contributed by atoms with Crippen molar-refractivity contribution in [1.82, 2.24) is 4.98 Å². The van der Waals surface area contributed by atoms with Crippen LogP contribution >= 0.6 is 22.3 Å². The molecule has 0 aliphatic carbocycles. The number of hydrogen-bond donors (Lipinski definition) is 1. The Bertz CT molecular complexity index is 807. The Morgan fingerprint density at radius 3 is 2.52 bits per heavy atom. The topological polar surface area (TPSA) is 76.1 Å². The highest BCUT2D eigenvalue weighted by Gasteiger charge is 2.14. The number of nitrogens with one attached hydrogen (secondary N) is 1. The molecule has 0 aliphatic heterocycles. The Balaban J connectivity index is 2.26. The molecule has 1 aromatic heterocycles. The molecule has 1 amide bonds. The van der Waals surface area contributed by atoms with Gasteiger partial charge in [-0.2, -0.15) is 0 Å². The van der Waals surface area contributed by atoms with Gasteiger partial charge in [-0.05, 0) is 36.8 Å². The van der Waals surface area contributed by atoms with Crippen LogP contribution in [0.4, 0.5) is 5.69 Å². The van der Waals surface area contributed by atoms with Gasteiger partial charge in [-0.15, -0.1) is 0 Å². The van der Waals surface area contributed by atoms with Crippen molar-refractivity contribution in [2.75, 3.05) is 5.32 Å². The van der Waals surface area contributed by atoms with E-state index in [1.54, 1.807) is 12.3 Å². The number of carbonyl (C=O) groups excluding carboxylic acids is 1. The molecular weight excluding hydrogens is 335 g/mol. The van der Waals surface area contributed by atoms with Crippen molar-refractivity contribution in [2.24, 2.45) is 0 Å². The van der Waals surface area contributed by atoms with Gasteiger partial charge in [0.25, 0.3) is 15.0 Å². The molecule has 21 heavy (non-hydrogen) atoms. The van der Waals surface area contributed by atoms with E-state index in [9.17, 15) is 13.2 Å². The molecular formula is C13H10Cl2N2O3S. The lowest BCUT2D eigenvalue weighted by atomic mass is 10.2. The maximum atomic E-state index is 12.0. The number of aromatic nitrogens is 1. The van der Waals surface area contributed by atoms with E-state index in [1.807, 2.05) is 6.92 Å². The van der Waals surface area contributed by atoms with E-state index in [4.69, 9.17) is 22.3 Å². The van der Waals surface area contributed by atoms with Crippen molar-refractivity contribution < 1.29 is 13.2 Å². The Kier molecular flexibility index (Phi) is 4.51. The van der Waals surface area contributed by atoms with Crippen LogP contribution in [-0.4, -0.2) is 19.3 Å². The van der Waals surface area contributed by atoms with Crippen molar-refractivity contribution >= 4 is 42.9 Å². The minimum Gasteiger partial charge on any atom is -0.321 e. The molecule has 0 saturated carbocycles. The highest BCUT2D eigenvalue weighted by molar-refractivity contribution is 8.13. The fourth-order valence-electron chi connectivity index (χ4n) is 1.62. The van der Waals surface area contributed by atoms with Crippen molar-refractivity contribution in [3.63, 3.8) is 0 Å². The number of hydrogen-bond acceptors (Lipinski definition) is 4. The molecule has 0 radical (unpaired) electrons. The number of pyridine rings is 1. The average molecular weight is 345 g/mol. The van der Waals surface area contributed by atoms with Gasteiger partial charge in [0.15, 0.2) is 0 Å². The number of nitrogens with zero attached hydrogens (tertiary/aromatic N) is 1. The van der Waals surface area contributed by atoms with E-state index >= 15 is 0 Å². The summed E-state index contributed by atoms with van der Waals surface area (Å²) < 4.78 is 22.4. The largest absolute Gasteiger partial charge is 0.321 e. The first-order valence-electron chi connectivity index (χ1n) is 5.74. The zero-order chi connectivity index (χ0) is 15.6. The van der Waals surface area contributed by atoms with Crippen LogP contribution < -0.4 is 5.32 Å². The van der Waals surface area contributed by atoms with E-state index in [0.29, 0.717) is 5.56 Å². The minimum atomic E-state index is -3.86. The number of halogens is 2. The van der Waals surface area contributed by atoms with Crippen molar-refractivity contribution in [2.45, 2.75) is 11.8 Å². The molecule has 0 saturated heterocycles. The van der Waals surface area contributed by atoms with E-state index in [0.717, 1.165) is 5.56 Å². The van der Waals surface area contributed by atoms with Crippen LogP contribution in [0.1, 0.15) is 15.9 Å². The molecule has 1 N–H and O–H groups in total. The number of aryl methyl sites for hydroxylation is 1. The normalized spacial score (nSPS) is 11.2. The standard InChI is InChI=1S/C13H10Cl2N2O3S/c1-8-4-9(7-16-6-8)13(18)17-12-3-2-10(5-11(12)14)21(15,19)20/h2-7H,1H3,(H,17,18). The monoisotopic (exact) mass is 344 g/mol. The summed E-state index contributed by atoms with van der Waals surface area (Å²) in [4.78, 5) is 15.8. The number of anilines is 1. The van der Waals surface area contributed by atoms with Gasteiger partial charge in [-0.1, -0.05) is 11.6 Å². The quantitative estimate of drug-likeness (QED) is 0.867. The third-order valence-electron chi connectivity index (χ3n) is 2.61. The van der Waals surface area contributed by atoms with E-state index in [2.05, 4.69) is 10.3 Å². The molecule has 0 unspecified atom stereocenters. The molecule has 0 aliphatic rings. The second kappa shape index (κ2) is 6.01. The van der Waals surface area contributed by atoms with Crippen LogP contribution in [0, 0.1) is 6.92 Å². The molecule has 0 fully saturated rings. The molecule has 2 rings (SSSR count). The van der Waals surface area contributed by atoms with Crippen LogP contribution in [0.2, 0.25) is 5.02 Å². The van der Waals surface area contributed by atoms with E-state index in [-0.39, 0.29) is 15.6 Å². The second-order valence-corrected chi connectivity index (χ2v) is 7.26. The molecule has 2 aromatic rings. The van der Waals surface area contributed by atoms with Gasteiger partial charge in [0, 0.05) is 23.1 Å². The van der Waals surface area contributed by atoms with Gasteiger partial charge in [0.05, 0.1) is 21.2 Å². The van der Waals surface area contributed by atoms with Crippen molar-refractivity contribution in [1.29, 1.82) is 0 Å². The van der Waals surface area contributed by atoms with Gasteiger partial charge in [0.1, 0.15) is 0 Å². The molecule has 1 aromatic carbocycles. The first-order valence-corrected chi connectivity index (χ1v) is 8.43. The molecule has 5 nitrogen and oxygen atoms in total. The predicted octanol–water partition coefficient (Wildman–Crippen LogP) is 3.22. The zero-order valence-electron chi connectivity index (χ0n) is 10.8. The fraction of sp³-hybridized carbons (Fsp3) is 0.0769. The smallest absolute Gasteiger partial charge is 0.261 e. The lowest BCUT2D eigenvalue weighted by Crippen LogP contribution is -2.12. The van der Waals surface area contributed by atoms with Crippen LogP contribution in [0.3, 0.4) is 0 Å². The Morgan fingerprint density at radius 2 is 1.95 bits per heavy atom. The SMILES string of the molecule is Cc1cncc(C(=O)Nc2ccc(S(=O)(=O)Cl)cc2Cl)c1. The highest BCUT2D eigenvalue weighted by Crippen LogP contribution is 2.27. The number of carbonyl (C=O) groups is 1. The molecule has 0 bridgehead atoms. The summed E-state index contributed by atoms with van der Waals surface area (Å²) in [5, 5.41) is 2.66. The van der Waals surface area contributed by atoms with Crippen molar-refractivity contribution in [3.8, 4) is 0 Å². The summed E-state index contributed by atoms with van der Waals surface area (Å²) in [5.41, 5.74) is 1.50. The Hall–Kier alpha value is -1.63. The first-order chi connectivity index (χ1) is 9.77. The molecule has 110 valence electrons. The van der Waals surface area contributed by atoms with Gasteiger partial charge in [-0.3, -0.25) is 9.78 Å².